The molecule has 0 spiro atoms. The van der Waals surface area contributed by atoms with E-state index in [-0.39, 0.29) is 51.4 Å². The van der Waals surface area contributed by atoms with E-state index < -0.39 is 21.5 Å². The van der Waals surface area contributed by atoms with E-state index in [1.807, 2.05) is 6.92 Å². The fourth-order valence-electron chi connectivity index (χ4n) is 3.15. The Morgan fingerprint density at radius 3 is 1.64 bits per heavy atom. The van der Waals surface area contributed by atoms with Crippen LogP contribution >= 0.6 is 0 Å². The van der Waals surface area contributed by atoms with Crippen LogP contribution in [0.3, 0.4) is 0 Å². The predicted molar refractivity (Wildman–Crippen MR) is 100 cm³/mol. The Hall–Kier alpha value is 1.51. The molecule has 6 heteroatoms. The summed E-state index contributed by atoms with van der Waals surface area (Å²) < 4.78 is 33.4. The number of aliphatic hydroxyl groups excluding tert-OH is 1. The molecule has 0 saturated carbocycles. The Bertz CT molecular complexity index is 374. The Labute approximate surface area is 199 Å². The topological polar surface area (TPSA) is 77.4 Å². The zero-order valence-corrected chi connectivity index (χ0v) is 20.8. The third-order valence-electron chi connectivity index (χ3n) is 4.73. The summed E-state index contributed by atoms with van der Waals surface area (Å²) in [6.07, 6.45) is 14.7. The Balaban J connectivity index is 0. The van der Waals surface area contributed by atoms with Crippen molar-refractivity contribution < 1.29 is 69.5 Å². The van der Waals surface area contributed by atoms with Crippen LogP contribution in [0, 0.1) is 0 Å². The first-order chi connectivity index (χ1) is 11.4. The third-order valence-corrected chi connectivity index (χ3v) is 6.02. The molecule has 1 N–H and O–H groups in total. The van der Waals surface area contributed by atoms with E-state index in [0.717, 1.165) is 12.8 Å². The largest absolute Gasteiger partial charge is 1.00 e. The Kier molecular flexibility index (Phi) is 21.7. The molecule has 0 aromatic heterocycles. The zero-order chi connectivity index (χ0) is 18.3. The van der Waals surface area contributed by atoms with Gasteiger partial charge in [-0.05, 0) is 25.7 Å². The minimum atomic E-state index is -4.23. The summed E-state index contributed by atoms with van der Waals surface area (Å²) in [6.45, 7) is 4.11. The summed E-state index contributed by atoms with van der Waals surface area (Å²) in [5.74, 6) is 0. The van der Waals surface area contributed by atoms with Crippen LogP contribution in [0.4, 0.5) is 0 Å². The number of aliphatic hydroxyl groups is 1. The quantitative estimate of drug-likeness (QED) is 0.230. The molecule has 0 heterocycles. The van der Waals surface area contributed by atoms with Gasteiger partial charge < -0.3 is 9.66 Å². The van der Waals surface area contributed by atoms with Crippen molar-refractivity contribution in [2.75, 3.05) is 0 Å². The van der Waals surface area contributed by atoms with E-state index in [1.165, 1.54) is 51.4 Å². The van der Waals surface area contributed by atoms with Gasteiger partial charge in [-0.15, -0.1) is 0 Å². The number of hydrogen-bond acceptors (Lipinski definition) is 4. The molecule has 0 aliphatic carbocycles. The fraction of sp³-hybridized carbons (Fsp3) is 1.00. The van der Waals surface area contributed by atoms with Crippen molar-refractivity contribution in [3.05, 3.63) is 0 Å². The second kappa shape index (κ2) is 18.9. The van der Waals surface area contributed by atoms with Crippen LogP contribution in [0.5, 0.6) is 0 Å². The number of unbranched alkanes of at least 4 members (excludes halogenated alkanes) is 9. The van der Waals surface area contributed by atoms with Gasteiger partial charge in [-0.1, -0.05) is 84.5 Å². The summed E-state index contributed by atoms with van der Waals surface area (Å²) >= 11 is 0. The molecular weight excluding hydrogens is 363 g/mol. The smallest absolute Gasteiger partial charge is 0.748 e. The minimum Gasteiger partial charge on any atom is -0.748 e. The van der Waals surface area contributed by atoms with Crippen LogP contribution in [-0.4, -0.2) is 29.4 Å². The molecule has 0 aromatic carbocycles. The second-order valence-corrected chi connectivity index (χ2v) is 8.76. The first-order valence-corrected chi connectivity index (χ1v) is 11.5. The van der Waals surface area contributed by atoms with Crippen molar-refractivity contribution >= 4 is 10.1 Å². The molecule has 0 bridgehead atoms. The molecule has 0 rings (SSSR count). The van der Waals surface area contributed by atoms with Crippen molar-refractivity contribution in [2.45, 2.75) is 122 Å². The van der Waals surface area contributed by atoms with Gasteiger partial charge in [-0.2, -0.15) is 0 Å². The van der Waals surface area contributed by atoms with Crippen LogP contribution < -0.4 is 51.4 Å². The summed E-state index contributed by atoms with van der Waals surface area (Å²) in [5.41, 5.74) is 0. The van der Waals surface area contributed by atoms with Crippen LogP contribution in [0.1, 0.15) is 110 Å². The molecule has 2 unspecified atom stereocenters. The van der Waals surface area contributed by atoms with Gasteiger partial charge >= 0.3 is 51.4 Å². The first kappa shape index (κ1) is 28.7. The van der Waals surface area contributed by atoms with Crippen molar-refractivity contribution in [3.8, 4) is 0 Å². The summed E-state index contributed by atoms with van der Waals surface area (Å²) in [7, 11) is -4.23. The monoisotopic (exact) mass is 402 g/mol. The van der Waals surface area contributed by atoms with E-state index in [9.17, 15) is 18.1 Å². The molecule has 0 aromatic rings. The van der Waals surface area contributed by atoms with Gasteiger partial charge in [-0.3, -0.25) is 0 Å². The maximum atomic E-state index is 11.1. The molecule has 4 nitrogen and oxygen atoms in total. The Morgan fingerprint density at radius 1 is 0.720 bits per heavy atom. The average molecular weight is 403 g/mol. The molecule has 0 fully saturated rings. The van der Waals surface area contributed by atoms with Crippen molar-refractivity contribution in [1.29, 1.82) is 0 Å². The fourth-order valence-corrected chi connectivity index (χ4v) is 4.09. The van der Waals surface area contributed by atoms with Crippen LogP contribution in [-0.2, 0) is 10.1 Å². The van der Waals surface area contributed by atoms with E-state index in [1.54, 1.807) is 0 Å². The average Bonchev–Trinajstić information content (AvgIpc) is 2.52. The maximum Gasteiger partial charge on any atom is 1.00 e. The molecule has 0 aliphatic rings. The molecule has 25 heavy (non-hydrogen) atoms. The van der Waals surface area contributed by atoms with Gasteiger partial charge in [0, 0.05) is 5.25 Å². The van der Waals surface area contributed by atoms with Gasteiger partial charge in [0.1, 0.15) is 0 Å². The van der Waals surface area contributed by atoms with Crippen molar-refractivity contribution in [1.82, 2.24) is 0 Å². The number of rotatable bonds is 17. The molecular formula is C19H39KO4S. The van der Waals surface area contributed by atoms with Gasteiger partial charge in [0.15, 0.2) is 0 Å². The van der Waals surface area contributed by atoms with Crippen molar-refractivity contribution in [3.63, 3.8) is 0 Å². The summed E-state index contributed by atoms with van der Waals surface area (Å²) in [4.78, 5) is 0. The van der Waals surface area contributed by atoms with E-state index in [4.69, 9.17) is 0 Å². The summed E-state index contributed by atoms with van der Waals surface area (Å²) in [6, 6.07) is 0. The third kappa shape index (κ3) is 18.6. The van der Waals surface area contributed by atoms with Crippen LogP contribution in [0.15, 0.2) is 0 Å². The van der Waals surface area contributed by atoms with E-state index in [2.05, 4.69) is 6.92 Å². The molecule has 0 saturated heterocycles. The van der Waals surface area contributed by atoms with E-state index in [0.29, 0.717) is 32.1 Å². The summed E-state index contributed by atoms with van der Waals surface area (Å²) in [5, 5.41) is 9.13. The van der Waals surface area contributed by atoms with Gasteiger partial charge in [0.05, 0.1) is 16.2 Å². The molecule has 0 radical (unpaired) electrons. The molecule has 0 aliphatic heterocycles. The first-order valence-electron chi connectivity index (χ1n) is 10.0. The zero-order valence-electron chi connectivity index (χ0n) is 16.8. The minimum absolute atomic E-state index is 0. The van der Waals surface area contributed by atoms with E-state index >= 15 is 0 Å². The number of hydrogen-bond donors (Lipinski definition) is 1. The standard InChI is InChI=1S/C19H40O4S.K/c1-3-5-6-7-8-9-10-11-12-13-15-18(20)16-17-19(14-4-2)24(21,22)23;/h18-20H,3-17H2,1-2H3,(H,21,22,23);/q;+1/p-1. The SMILES string of the molecule is CCCCCCCCCCCCC(O)CCC(CCC)S(=O)(=O)[O-].[K+]. The van der Waals surface area contributed by atoms with Gasteiger partial charge in [0.25, 0.3) is 0 Å². The Morgan fingerprint density at radius 2 is 1.20 bits per heavy atom. The molecule has 0 amide bonds. The molecule has 146 valence electrons. The second-order valence-electron chi connectivity index (χ2n) is 7.11. The maximum absolute atomic E-state index is 11.1. The van der Waals surface area contributed by atoms with Crippen LogP contribution in [0.2, 0.25) is 0 Å². The van der Waals surface area contributed by atoms with Gasteiger partial charge in [0.2, 0.25) is 0 Å². The van der Waals surface area contributed by atoms with Crippen LogP contribution in [0.25, 0.3) is 0 Å². The predicted octanol–water partition coefficient (Wildman–Crippen LogP) is 2.16. The van der Waals surface area contributed by atoms with Crippen molar-refractivity contribution in [2.24, 2.45) is 0 Å². The molecule has 2 atom stereocenters. The normalized spacial score (nSPS) is 14.1. The van der Waals surface area contributed by atoms with Gasteiger partial charge in [-0.25, -0.2) is 8.42 Å².